The van der Waals surface area contributed by atoms with E-state index in [2.05, 4.69) is 19.2 Å². The first-order valence-corrected chi connectivity index (χ1v) is 6.69. The van der Waals surface area contributed by atoms with E-state index in [4.69, 9.17) is 4.74 Å². The number of nitrogens with one attached hydrogen (secondary N) is 1. The van der Waals surface area contributed by atoms with Crippen molar-refractivity contribution >= 4 is 0 Å². The number of rotatable bonds is 7. The summed E-state index contributed by atoms with van der Waals surface area (Å²) >= 11 is 0. The highest BCUT2D eigenvalue weighted by Gasteiger charge is 2.25. The van der Waals surface area contributed by atoms with Gasteiger partial charge in [0.2, 0.25) is 0 Å². The minimum atomic E-state index is 0.0642. The van der Waals surface area contributed by atoms with Gasteiger partial charge in [0.15, 0.2) is 0 Å². The molecule has 0 aromatic carbocycles. The number of hydrogen-bond acceptors (Lipinski definition) is 3. The van der Waals surface area contributed by atoms with Crippen molar-refractivity contribution in [3.63, 3.8) is 0 Å². The van der Waals surface area contributed by atoms with Crippen molar-refractivity contribution in [2.24, 2.45) is 5.41 Å². The number of hydrogen-bond donors (Lipinski definition) is 2. The van der Waals surface area contributed by atoms with Crippen LogP contribution in [0.4, 0.5) is 0 Å². The van der Waals surface area contributed by atoms with Gasteiger partial charge in [-0.25, -0.2) is 0 Å². The van der Waals surface area contributed by atoms with Crippen LogP contribution in [0.25, 0.3) is 0 Å². The predicted molar refractivity (Wildman–Crippen MR) is 66.6 cm³/mol. The van der Waals surface area contributed by atoms with E-state index in [1.165, 1.54) is 19.3 Å². The third kappa shape index (κ3) is 4.04. The summed E-state index contributed by atoms with van der Waals surface area (Å²) in [4.78, 5) is 0. The van der Waals surface area contributed by atoms with E-state index >= 15 is 0 Å². The maximum absolute atomic E-state index is 9.44. The Bertz CT molecular complexity index is 167. The molecule has 0 radical (unpaired) electrons. The van der Waals surface area contributed by atoms with Crippen molar-refractivity contribution in [2.75, 3.05) is 26.3 Å². The molecule has 1 aliphatic heterocycles. The normalized spacial score (nSPS) is 22.3. The Hall–Kier alpha value is -0.120. The highest BCUT2D eigenvalue weighted by molar-refractivity contribution is 4.79. The molecule has 1 fully saturated rings. The first kappa shape index (κ1) is 13.9. The van der Waals surface area contributed by atoms with Crippen LogP contribution in [-0.2, 0) is 4.74 Å². The summed E-state index contributed by atoms with van der Waals surface area (Å²) in [6, 6.07) is 0. The quantitative estimate of drug-likeness (QED) is 0.701. The number of ether oxygens (including phenoxy) is 1. The van der Waals surface area contributed by atoms with Crippen molar-refractivity contribution < 1.29 is 9.84 Å². The van der Waals surface area contributed by atoms with Crippen molar-refractivity contribution in [3.8, 4) is 0 Å². The van der Waals surface area contributed by atoms with Gasteiger partial charge < -0.3 is 15.2 Å². The molecule has 3 heteroatoms. The molecule has 0 amide bonds. The first-order valence-electron chi connectivity index (χ1n) is 6.69. The van der Waals surface area contributed by atoms with Crippen LogP contribution in [0, 0.1) is 5.41 Å². The fraction of sp³-hybridized carbons (Fsp3) is 1.00. The van der Waals surface area contributed by atoms with Crippen LogP contribution in [0.5, 0.6) is 0 Å². The Morgan fingerprint density at radius 1 is 1.31 bits per heavy atom. The lowest BCUT2D eigenvalue weighted by atomic mass is 9.83. The van der Waals surface area contributed by atoms with Gasteiger partial charge >= 0.3 is 0 Å². The Kier molecular flexibility index (Phi) is 6.32. The summed E-state index contributed by atoms with van der Waals surface area (Å²) in [5.41, 5.74) is 0.0642. The van der Waals surface area contributed by atoms with Gasteiger partial charge in [0, 0.05) is 31.7 Å². The molecule has 0 aromatic heterocycles. The molecule has 1 rings (SSSR count). The topological polar surface area (TPSA) is 41.5 Å². The molecule has 1 atom stereocenters. The molecule has 0 saturated carbocycles. The zero-order valence-corrected chi connectivity index (χ0v) is 10.8. The van der Waals surface area contributed by atoms with Crippen LogP contribution < -0.4 is 5.32 Å². The third-order valence-electron chi connectivity index (χ3n) is 3.98. The maximum atomic E-state index is 9.44. The van der Waals surface area contributed by atoms with Gasteiger partial charge in [0.25, 0.3) is 0 Å². The molecular formula is C13H27NO2. The van der Waals surface area contributed by atoms with Crippen LogP contribution in [0.1, 0.15) is 46.0 Å². The second kappa shape index (κ2) is 7.25. The Labute approximate surface area is 99.6 Å². The van der Waals surface area contributed by atoms with Crippen molar-refractivity contribution in [2.45, 2.75) is 52.1 Å². The number of aliphatic hydroxyl groups excluding tert-OH is 1. The van der Waals surface area contributed by atoms with Gasteiger partial charge in [-0.3, -0.25) is 0 Å². The Morgan fingerprint density at radius 3 is 2.56 bits per heavy atom. The minimum Gasteiger partial charge on any atom is -0.396 e. The monoisotopic (exact) mass is 229 g/mol. The van der Waals surface area contributed by atoms with Crippen molar-refractivity contribution in [1.82, 2.24) is 5.32 Å². The van der Waals surface area contributed by atoms with E-state index < -0.39 is 0 Å². The van der Waals surface area contributed by atoms with E-state index in [-0.39, 0.29) is 12.0 Å². The summed E-state index contributed by atoms with van der Waals surface area (Å²) in [5.74, 6) is 0. The van der Waals surface area contributed by atoms with Gasteiger partial charge in [-0.15, -0.1) is 0 Å². The molecular weight excluding hydrogens is 202 g/mol. The van der Waals surface area contributed by atoms with Gasteiger partial charge in [-0.05, 0) is 32.1 Å². The smallest absolute Gasteiger partial charge is 0.0699 e. The second-order valence-corrected chi connectivity index (χ2v) is 4.98. The van der Waals surface area contributed by atoms with Gasteiger partial charge in [0.1, 0.15) is 0 Å². The second-order valence-electron chi connectivity index (χ2n) is 4.98. The fourth-order valence-corrected chi connectivity index (χ4v) is 2.25. The van der Waals surface area contributed by atoms with Crippen molar-refractivity contribution in [3.05, 3.63) is 0 Å². The molecule has 1 unspecified atom stereocenters. The molecule has 96 valence electrons. The number of aliphatic hydroxyl groups is 1. The van der Waals surface area contributed by atoms with Gasteiger partial charge in [-0.1, -0.05) is 13.8 Å². The summed E-state index contributed by atoms with van der Waals surface area (Å²) in [7, 11) is 0. The zero-order valence-electron chi connectivity index (χ0n) is 10.8. The maximum Gasteiger partial charge on any atom is 0.0699 e. The van der Waals surface area contributed by atoms with Gasteiger partial charge in [-0.2, -0.15) is 0 Å². The standard InChI is InChI=1S/C13H27NO2/c1-3-13(4-2,11-15)10-14-9-12-7-5-6-8-16-12/h12,14-15H,3-11H2,1-2H3. The van der Waals surface area contributed by atoms with E-state index in [0.717, 1.165) is 32.5 Å². The highest BCUT2D eigenvalue weighted by Crippen LogP contribution is 2.24. The van der Waals surface area contributed by atoms with Crippen LogP contribution in [0.15, 0.2) is 0 Å². The summed E-state index contributed by atoms with van der Waals surface area (Å²) in [6.45, 7) is 7.33. The minimum absolute atomic E-state index is 0.0642. The third-order valence-corrected chi connectivity index (χ3v) is 3.98. The highest BCUT2D eigenvalue weighted by atomic mass is 16.5. The molecule has 2 N–H and O–H groups in total. The van der Waals surface area contributed by atoms with Crippen LogP contribution in [-0.4, -0.2) is 37.5 Å². The summed E-state index contributed by atoms with van der Waals surface area (Å²) in [5, 5.41) is 12.9. The van der Waals surface area contributed by atoms with Crippen molar-refractivity contribution in [1.29, 1.82) is 0 Å². The predicted octanol–water partition coefficient (Wildman–Crippen LogP) is 1.94. The van der Waals surface area contributed by atoms with Crippen LogP contribution in [0.2, 0.25) is 0 Å². The molecule has 0 spiro atoms. The van der Waals surface area contributed by atoms with Crippen LogP contribution >= 0.6 is 0 Å². The van der Waals surface area contributed by atoms with Gasteiger partial charge in [0.05, 0.1) is 6.10 Å². The molecule has 0 aliphatic carbocycles. The lowest BCUT2D eigenvalue weighted by Gasteiger charge is -2.31. The average Bonchev–Trinajstić information content (AvgIpc) is 2.37. The molecule has 1 heterocycles. The Morgan fingerprint density at radius 2 is 2.06 bits per heavy atom. The molecule has 16 heavy (non-hydrogen) atoms. The average molecular weight is 229 g/mol. The summed E-state index contributed by atoms with van der Waals surface area (Å²) in [6.07, 6.45) is 6.12. The molecule has 0 aromatic rings. The SMILES string of the molecule is CCC(CC)(CO)CNCC1CCCCO1. The molecule has 3 nitrogen and oxygen atoms in total. The first-order chi connectivity index (χ1) is 7.76. The molecule has 1 saturated heterocycles. The Balaban J connectivity index is 2.21. The largest absolute Gasteiger partial charge is 0.396 e. The molecule has 0 bridgehead atoms. The fourth-order valence-electron chi connectivity index (χ4n) is 2.25. The van der Waals surface area contributed by atoms with E-state index in [1.807, 2.05) is 0 Å². The van der Waals surface area contributed by atoms with Crippen LogP contribution in [0.3, 0.4) is 0 Å². The van der Waals surface area contributed by atoms with E-state index in [9.17, 15) is 5.11 Å². The lowest BCUT2D eigenvalue weighted by Crippen LogP contribution is -2.40. The van der Waals surface area contributed by atoms with E-state index in [1.54, 1.807) is 0 Å². The lowest BCUT2D eigenvalue weighted by molar-refractivity contribution is 0.0134. The van der Waals surface area contributed by atoms with E-state index in [0.29, 0.717) is 6.10 Å². The molecule has 1 aliphatic rings. The zero-order chi connectivity index (χ0) is 11.9. The summed E-state index contributed by atoms with van der Waals surface area (Å²) < 4.78 is 5.67.